The lowest BCUT2D eigenvalue weighted by Crippen LogP contribution is -2.22. The number of benzene rings is 1. The van der Waals surface area contributed by atoms with Crippen LogP contribution in [0.15, 0.2) is 50.8 Å². The Balaban J connectivity index is 1.98. The third kappa shape index (κ3) is 5.20. The van der Waals surface area contributed by atoms with Crippen molar-refractivity contribution in [2.75, 3.05) is 0 Å². The van der Waals surface area contributed by atoms with Crippen LogP contribution in [0, 0.1) is 0 Å². The molecular formula is C14H14ClN3O4S. The first-order valence-corrected chi connectivity index (χ1v) is 8.36. The average Bonchev–Trinajstić information content (AvgIpc) is 2.93. The Kier molecular flexibility index (Phi) is 5.54. The predicted octanol–water partition coefficient (Wildman–Crippen LogP) is 1.88. The summed E-state index contributed by atoms with van der Waals surface area (Å²) in [6, 6.07) is 9.05. The van der Waals surface area contributed by atoms with Gasteiger partial charge in [-0.25, -0.2) is 18.6 Å². The van der Waals surface area contributed by atoms with E-state index in [0.29, 0.717) is 16.5 Å². The van der Waals surface area contributed by atoms with Crippen LogP contribution in [0.1, 0.15) is 18.4 Å². The highest BCUT2D eigenvalue weighted by Gasteiger charge is 2.14. The van der Waals surface area contributed by atoms with Crippen LogP contribution in [0.2, 0.25) is 5.02 Å². The molecule has 2 aromatic rings. The minimum Gasteiger partial charge on any atom is -0.459 e. The van der Waals surface area contributed by atoms with Gasteiger partial charge in [0.2, 0.25) is 15.9 Å². The van der Waals surface area contributed by atoms with Crippen molar-refractivity contribution in [1.29, 1.82) is 0 Å². The number of hydrogen-bond donors (Lipinski definition) is 2. The summed E-state index contributed by atoms with van der Waals surface area (Å²) in [5.41, 5.74) is 2.23. The molecule has 1 aromatic heterocycles. The van der Waals surface area contributed by atoms with Gasteiger partial charge in [0.15, 0.2) is 0 Å². The summed E-state index contributed by atoms with van der Waals surface area (Å²) in [5, 5.41) is 4.11. The number of halogens is 1. The van der Waals surface area contributed by atoms with Crippen LogP contribution in [0.4, 0.5) is 0 Å². The van der Waals surface area contributed by atoms with Crippen LogP contribution in [-0.2, 0) is 21.4 Å². The maximum Gasteiger partial charge on any atom is 0.240 e. The minimum atomic E-state index is -3.65. The molecule has 2 rings (SSSR count). The summed E-state index contributed by atoms with van der Waals surface area (Å²) >= 11 is 5.73. The molecule has 23 heavy (non-hydrogen) atoms. The number of hydrazone groups is 1. The predicted molar refractivity (Wildman–Crippen MR) is 85.6 cm³/mol. The number of carbonyl (C=O) groups excluding carboxylic acids is 1. The Morgan fingerprint density at radius 1 is 1.26 bits per heavy atom. The van der Waals surface area contributed by atoms with E-state index >= 15 is 0 Å². The normalized spacial score (nSPS) is 11.7. The summed E-state index contributed by atoms with van der Waals surface area (Å²) in [6.45, 7) is 1.31. The largest absolute Gasteiger partial charge is 0.459 e. The maximum absolute atomic E-state index is 12.1. The lowest BCUT2D eigenvalue weighted by atomic mass is 10.4. The third-order valence-corrected chi connectivity index (χ3v) is 4.33. The molecule has 122 valence electrons. The van der Waals surface area contributed by atoms with Crippen molar-refractivity contribution < 1.29 is 17.6 Å². The summed E-state index contributed by atoms with van der Waals surface area (Å²) in [7, 11) is -3.65. The molecule has 0 saturated heterocycles. The average molecular weight is 356 g/mol. The van der Waals surface area contributed by atoms with Gasteiger partial charge in [-0.05, 0) is 36.4 Å². The van der Waals surface area contributed by atoms with Gasteiger partial charge < -0.3 is 4.42 Å². The first-order valence-electron chi connectivity index (χ1n) is 6.50. The van der Waals surface area contributed by atoms with Crippen LogP contribution in [-0.4, -0.2) is 20.5 Å². The Labute approximate surface area is 138 Å². The van der Waals surface area contributed by atoms with Crippen LogP contribution in [0.3, 0.4) is 0 Å². The Morgan fingerprint density at radius 3 is 2.61 bits per heavy atom. The van der Waals surface area contributed by atoms with Gasteiger partial charge in [-0.15, -0.1) is 0 Å². The number of hydrogen-bond acceptors (Lipinski definition) is 5. The molecule has 0 spiro atoms. The van der Waals surface area contributed by atoms with Crippen molar-refractivity contribution in [1.82, 2.24) is 10.1 Å². The molecule has 0 saturated carbocycles. The van der Waals surface area contributed by atoms with Crippen LogP contribution >= 0.6 is 11.6 Å². The van der Waals surface area contributed by atoms with Gasteiger partial charge in [0.25, 0.3) is 0 Å². The number of carbonyl (C=O) groups is 1. The first kappa shape index (κ1) is 17.2. The monoisotopic (exact) mass is 355 g/mol. The minimum absolute atomic E-state index is 0.0149. The third-order valence-electron chi connectivity index (χ3n) is 2.66. The van der Waals surface area contributed by atoms with Crippen LogP contribution in [0.5, 0.6) is 0 Å². The quantitative estimate of drug-likeness (QED) is 0.610. The molecule has 0 aliphatic carbocycles. The van der Waals surface area contributed by atoms with E-state index in [1.165, 1.54) is 37.4 Å². The molecule has 0 atom stereocenters. The summed E-state index contributed by atoms with van der Waals surface area (Å²) in [5.74, 6) is 0.495. The zero-order valence-corrected chi connectivity index (χ0v) is 13.7. The highest BCUT2D eigenvalue weighted by molar-refractivity contribution is 7.89. The van der Waals surface area contributed by atoms with E-state index in [1.54, 1.807) is 12.1 Å². The number of amides is 1. The second kappa shape index (κ2) is 7.40. The lowest BCUT2D eigenvalue weighted by Gasteiger charge is -2.05. The Hall–Kier alpha value is -2.16. The molecule has 0 unspecified atom stereocenters. The van der Waals surface area contributed by atoms with E-state index < -0.39 is 10.0 Å². The van der Waals surface area contributed by atoms with Crippen LogP contribution < -0.4 is 10.1 Å². The molecule has 0 bridgehead atoms. The molecule has 1 heterocycles. The summed E-state index contributed by atoms with van der Waals surface area (Å²) in [4.78, 5) is 10.8. The highest BCUT2D eigenvalue weighted by Crippen LogP contribution is 2.14. The lowest BCUT2D eigenvalue weighted by molar-refractivity contribution is -0.118. The summed E-state index contributed by atoms with van der Waals surface area (Å²) < 4.78 is 32.0. The Bertz CT molecular complexity index is 813. The topological polar surface area (TPSA) is 101 Å². The van der Waals surface area contributed by atoms with Crippen molar-refractivity contribution in [2.45, 2.75) is 18.4 Å². The molecule has 0 radical (unpaired) electrons. The zero-order valence-electron chi connectivity index (χ0n) is 12.1. The van der Waals surface area contributed by atoms with Crippen molar-refractivity contribution in [3.05, 3.63) is 52.9 Å². The summed E-state index contributed by atoms with van der Waals surface area (Å²) in [6.07, 6.45) is 1.32. The van der Waals surface area contributed by atoms with E-state index in [4.69, 9.17) is 16.0 Å². The van der Waals surface area contributed by atoms with Crippen molar-refractivity contribution >= 4 is 33.7 Å². The number of rotatable bonds is 6. The molecule has 0 fully saturated rings. The van der Waals surface area contributed by atoms with E-state index in [2.05, 4.69) is 15.2 Å². The zero-order chi connectivity index (χ0) is 16.9. The van der Waals surface area contributed by atoms with Gasteiger partial charge in [-0.2, -0.15) is 5.10 Å². The molecular weight excluding hydrogens is 342 g/mol. The maximum atomic E-state index is 12.1. The number of nitrogens with one attached hydrogen (secondary N) is 2. The first-order chi connectivity index (χ1) is 10.9. The molecule has 7 nitrogen and oxygen atoms in total. The van der Waals surface area contributed by atoms with Gasteiger partial charge in [-0.3, -0.25) is 4.79 Å². The second-order valence-electron chi connectivity index (χ2n) is 4.51. The van der Waals surface area contributed by atoms with Gasteiger partial charge in [0.1, 0.15) is 11.5 Å². The van der Waals surface area contributed by atoms with E-state index in [9.17, 15) is 13.2 Å². The number of furan rings is 1. The fraction of sp³-hybridized carbons (Fsp3) is 0.143. The van der Waals surface area contributed by atoms with Gasteiger partial charge in [0, 0.05) is 11.9 Å². The van der Waals surface area contributed by atoms with E-state index in [0.717, 1.165) is 0 Å². The number of nitrogens with zero attached hydrogens (tertiary/aromatic N) is 1. The highest BCUT2D eigenvalue weighted by atomic mass is 35.5. The van der Waals surface area contributed by atoms with Crippen molar-refractivity contribution in [2.24, 2.45) is 5.10 Å². The molecule has 0 aliphatic heterocycles. The fourth-order valence-electron chi connectivity index (χ4n) is 1.61. The standard InChI is InChI=1S/C14H14ClN3O4S/c1-10(19)18-16-8-12-4-5-13(22-12)9-17-23(20,21)14-6-2-11(15)3-7-14/h2-8,17H,9H2,1H3,(H,18,19)/b16-8-. The smallest absolute Gasteiger partial charge is 0.240 e. The van der Waals surface area contributed by atoms with Gasteiger partial charge >= 0.3 is 0 Å². The molecule has 9 heteroatoms. The molecule has 0 aliphatic rings. The van der Waals surface area contributed by atoms with E-state index in [-0.39, 0.29) is 17.3 Å². The fourth-order valence-corrected chi connectivity index (χ4v) is 2.73. The second-order valence-corrected chi connectivity index (χ2v) is 6.71. The molecule has 2 N–H and O–H groups in total. The SMILES string of the molecule is CC(=O)N/N=C\c1ccc(CNS(=O)(=O)c2ccc(Cl)cc2)o1. The van der Waals surface area contributed by atoms with Gasteiger partial charge in [-0.1, -0.05) is 11.6 Å². The van der Waals surface area contributed by atoms with Crippen LogP contribution in [0.25, 0.3) is 0 Å². The number of sulfonamides is 1. The van der Waals surface area contributed by atoms with Crippen molar-refractivity contribution in [3.8, 4) is 0 Å². The van der Waals surface area contributed by atoms with Gasteiger partial charge in [0.05, 0.1) is 17.7 Å². The van der Waals surface area contributed by atoms with Crippen molar-refractivity contribution in [3.63, 3.8) is 0 Å². The van der Waals surface area contributed by atoms with E-state index in [1.807, 2.05) is 0 Å². The molecule has 1 aromatic carbocycles. The molecule has 1 amide bonds. The Morgan fingerprint density at radius 2 is 1.96 bits per heavy atom.